The molecule has 0 aromatic heterocycles. The molecule has 0 aliphatic carbocycles. The van der Waals surface area contributed by atoms with Crippen LogP contribution in [0.1, 0.15) is 232 Å². The Bertz CT molecular complexity index is 1100. The fourth-order valence-electron chi connectivity index (χ4n) is 7.05. The van der Waals surface area contributed by atoms with Gasteiger partial charge in [0.2, 0.25) is 0 Å². The van der Waals surface area contributed by atoms with Gasteiger partial charge in [-0.15, -0.1) is 6.58 Å². The van der Waals surface area contributed by atoms with E-state index in [1.807, 2.05) is 6.08 Å². The van der Waals surface area contributed by atoms with Gasteiger partial charge in [-0.1, -0.05) is 191 Å². The molecule has 0 radical (unpaired) electrons. The van der Waals surface area contributed by atoms with E-state index in [9.17, 15) is 24.2 Å². The molecular formula is C50H93O10P. The number of aliphatic hydroxyl groups excluding tert-OH is 2. The van der Waals surface area contributed by atoms with E-state index in [0.717, 1.165) is 44.9 Å². The minimum atomic E-state index is -4.63. The minimum Gasteiger partial charge on any atom is -0.462 e. The molecule has 3 atom stereocenters. The molecule has 1 unspecified atom stereocenters. The van der Waals surface area contributed by atoms with Crippen LogP contribution in [0.3, 0.4) is 0 Å². The molecule has 358 valence electrons. The highest BCUT2D eigenvalue weighted by atomic mass is 31.2. The van der Waals surface area contributed by atoms with Crippen LogP contribution in [-0.2, 0) is 32.7 Å². The number of hydrogen-bond donors (Lipinski definition) is 3. The summed E-state index contributed by atoms with van der Waals surface area (Å²) in [5.74, 6) is -0.969. The number of carbonyl (C=O) groups excluding carboxylic acids is 2. The van der Waals surface area contributed by atoms with Gasteiger partial charge in [-0.05, 0) is 57.8 Å². The van der Waals surface area contributed by atoms with Crippen molar-refractivity contribution in [1.29, 1.82) is 0 Å². The molecule has 0 saturated heterocycles. The molecule has 0 aliphatic rings. The summed E-state index contributed by atoms with van der Waals surface area (Å²) in [6.45, 7) is 3.89. The van der Waals surface area contributed by atoms with E-state index in [1.165, 1.54) is 148 Å². The molecule has 61 heavy (non-hydrogen) atoms. The Labute approximate surface area is 373 Å². The first kappa shape index (κ1) is 59.2. The molecule has 3 N–H and O–H groups in total. The van der Waals surface area contributed by atoms with Gasteiger partial charge in [-0.2, -0.15) is 0 Å². The number of carbonyl (C=O) groups is 2. The third kappa shape index (κ3) is 46.0. The van der Waals surface area contributed by atoms with Crippen LogP contribution in [-0.4, -0.2) is 65.7 Å². The van der Waals surface area contributed by atoms with E-state index in [0.29, 0.717) is 19.3 Å². The van der Waals surface area contributed by atoms with Gasteiger partial charge in [0.15, 0.2) is 6.10 Å². The van der Waals surface area contributed by atoms with Gasteiger partial charge >= 0.3 is 19.8 Å². The second kappa shape index (κ2) is 46.2. The Morgan fingerprint density at radius 1 is 0.525 bits per heavy atom. The van der Waals surface area contributed by atoms with Crippen LogP contribution in [0.15, 0.2) is 37.0 Å². The summed E-state index contributed by atoms with van der Waals surface area (Å²) in [6, 6.07) is 0. The van der Waals surface area contributed by atoms with E-state index in [2.05, 4.69) is 37.8 Å². The standard InChI is InChI=1S/C50H93O10P/c1-3-5-7-9-11-13-15-17-19-20-21-22-23-24-25-26-28-30-32-34-36-38-40-42-50(54)60-48(46-59-61(55,56)58-44-47(52)43-51)45-57-49(53)41-39-37-35-33-31-29-27-18-16-14-12-10-8-6-4-2/h4,26,28,34,36,47-48,51-52H,2-3,5-25,27,29-33,35,37-46H2,1H3,(H,55,56)/b28-26+,36-34+/t47-,48+/m0/s1. The summed E-state index contributed by atoms with van der Waals surface area (Å²) in [5.41, 5.74) is 0. The number of hydrogen-bond acceptors (Lipinski definition) is 9. The summed E-state index contributed by atoms with van der Waals surface area (Å²) < 4.78 is 32.8. The van der Waals surface area contributed by atoms with Crippen LogP contribution in [0.5, 0.6) is 0 Å². The van der Waals surface area contributed by atoms with Crippen molar-refractivity contribution >= 4 is 19.8 Å². The zero-order valence-electron chi connectivity index (χ0n) is 39.0. The van der Waals surface area contributed by atoms with Crippen molar-refractivity contribution in [3.05, 3.63) is 37.0 Å². The summed E-state index contributed by atoms with van der Waals surface area (Å²) >= 11 is 0. The Hall–Kier alpha value is -1.81. The largest absolute Gasteiger partial charge is 0.472 e. The van der Waals surface area contributed by atoms with E-state index in [4.69, 9.17) is 23.6 Å². The summed E-state index contributed by atoms with van der Waals surface area (Å²) in [5, 5.41) is 18.4. The van der Waals surface area contributed by atoms with Crippen LogP contribution in [0.2, 0.25) is 0 Å². The van der Waals surface area contributed by atoms with Crippen LogP contribution >= 0.6 is 7.82 Å². The normalized spacial score (nSPS) is 13.8. The predicted molar refractivity (Wildman–Crippen MR) is 251 cm³/mol. The minimum absolute atomic E-state index is 0.125. The molecular weight excluding hydrogens is 792 g/mol. The Morgan fingerprint density at radius 2 is 0.918 bits per heavy atom. The SMILES string of the molecule is C=CCCCCCCCCCCCCCCCC(=O)OC[C@H](COP(=O)(O)OC[C@@H](O)CO)OC(=O)CCC/C=C/CC/C=C/CCCCCCCCCCCCCCCC. The maximum atomic E-state index is 12.6. The van der Waals surface area contributed by atoms with Gasteiger partial charge in [0.05, 0.1) is 19.8 Å². The summed E-state index contributed by atoms with van der Waals surface area (Å²) in [7, 11) is -4.63. The number of allylic oxidation sites excluding steroid dienone is 5. The van der Waals surface area contributed by atoms with Crippen LogP contribution in [0.25, 0.3) is 0 Å². The van der Waals surface area contributed by atoms with E-state index in [-0.39, 0.29) is 19.4 Å². The monoisotopic (exact) mass is 885 g/mol. The molecule has 10 nitrogen and oxygen atoms in total. The van der Waals surface area contributed by atoms with E-state index in [1.54, 1.807) is 0 Å². The van der Waals surface area contributed by atoms with Crippen molar-refractivity contribution in [1.82, 2.24) is 0 Å². The maximum Gasteiger partial charge on any atom is 0.472 e. The van der Waals surface area contributed by atoms with E-state index >= 15 is 0 Å². The highest BCUT2D eigenvalue weighted by molar-refractivity contribution is 7.47. The lowest BCUT2D eigenvalue weighted by molar-refractivity contribution is -0.161. The predicted octanol–water partition coefficient (Wildman–Crippen LogP) is 13.9. The average molecular weight is 885 g/mol. The van der Waals surface area contributed by atoms with Crippen molar-refractivity contribution in [2.24, 2.45) is 0 Å². The number of phosphoric ester groups is 1. The van der Waals surface area contributed by atoms with Gasteiger partial charge in [0, 0.05) is 12.8 Å². The van der Waals surface area contributed by atoms with Crippen molar-refractivity contribution in [3.8, 4) is 0 Å². The zero-order chi connectivity index (χ0) is 44.8. The second-order valence-electron chi connectivity index (χ2n) is 16.9. The molecule has 0 amide bonds. The number of unbranched alkanes of at least 4 members (excludes halogenated alkanes) is 29. The lowest BCUT2D eigenvalue weighted by atomic mass is 10.0. The van der Waals surface area contributed by atoms with E-state index < -0.39 is 51.8 Å². The molecule has 0 aromatic rings. The molecule has 0 aromatic carbocycles. The Morgan fingerprint density at radius 3 is 1.39 bits per heavy atom. The first-order chi connectivity index (χ1) is 29.7. The maximum absolute atomic E-state index is 12.6. The molecule has 0 saturated carbocycles. The van der Waals surface area contributed by atoms with Crippen LogP contribution in [0, 0.1) is 0 Å². The zero-order valence-corrected chi connectivity index (χ0v) is 39.9. The summed E-state index contributed by atoms with van der Waals surface area (Å²) in [6.07, 6.45) is 48.8. The highest BCUT2D eigenvalue weighted by Crippen LogP contribution is 2.43. The quantitative estimate of drug-likeness (QED) is 0.0233. The number of esters is 2. The van der Waals surface area contributed by atoms with Crippen molar-refractivity contribution in [2.75, 3.05) is 26.4 Å². The van der Waals surface area contributed by atoms with Crippen molar-refractivity contribution in [2.45, 2.75) is 244 Å². The van der Waals surface area contributed by atoms with Gasteiger partial charge < -0.3 is 24.6 Å². The lowest BCUT2D eigenvalue weighted by Gasteiger charge is -2.20. The molecule has 0 rings (SSSR count). The van der Waals surface area contributed by atoms with Gasteiger partial charge in [0.25, 0.3) is 0 Å². The molecule has 0 heterocycles. The van der Waals surface area contributed by atoms with Crippen LogP contribution < -0.4 is 0 Å². The first-order valence-electron chi connectivity index (χ1n) is 24.9. The highest BCUT2D eigenvalue weighted by Gasteiger charge is 2.27. The van der Waals surface area contributed by atoms with Crippen molar-refractivity contribution in [3.63, 3.8) is 0 Å². The number of ether oxygens (including phenoxy) is 2. The number of rotatable bonds is 48. The Balaban J connectivity index is 4.21. The molecule has 0 bridgehead atoms. The summed E-state index contributed by atoms with van der Waals surface area (Å²) in [4.78, 5) is 35.1. The number of aliphatic hydroxyl groups is 2. The van der Waals surface area contributed by atoms with Gasteiger partial charge in [-0.3, -0.25) is 18.6 Å². The molecule has 0 fully saturated rings. The Kier molecular flexibility index (Phi) is 44.8. The fourth-order valence-corrected chi connectivity index (χ4v) is 7.84. The molecule has 0 spiro atoms. The third-order valence-electron chi connectivity index (χ3n) is 10.9. The smallest absolute Gasteiger partial charge is 0.462 e. The number of phosphoric acid groups is 1. The van der Waals surface area contributed by atoms with Crippen LogP contribution in [0.4, 0.5) is 0 Å². The second-order valence-corrected chi connectivity index (χ2v) is 18.4. The topological polar surface area (TPSA) is 149 Å². The van der Waals surface area contributed by atoms with Crippen molar-refractivity contribution < 1.29 is 47.8 Å². The first-order valence-corrected chi connectivity index (χ1v) is 26.4. The fraction of sp³-hybridized carbons (Fsp3) is 0.840. The molecule has 0 aliphatic heterocycles. The average Bonchev–Trinajstić information content (AvgIpc) is 3.25. The van der Waals surface area contributed by atoms with Gasteiger partial charge in [0.1, 0.15) is 12.7 Å². The third-order valence-corrected chi connectivity index (χ3v) is 11.8. The lowest BCUT2D eigenvalue weighted by Crippen LogP contribution is -2.29. The molecule has 11 heteroatoms. The van der Waals surface area contributed by atoms with Gasteiger partial charge in [-0.25, -0.2) is 4.57 Å².